The van der Waals surface area contributed by atoms with E-state index in [1.54, 1.807) is 0 Å². The summed E-state index contributed by atoms with van der Waals surface area (Å²) >= 11 is 0. The van der Waals surface area contributed by atoms with E-state index in [2.05, 4.69) is 39.5 Å². The summed E-state index contributed by atoms with van der Waals surface area (Å²) in [4.78, 5) is 26.8. The first-order valence-electron chi connectivity index (χ1n) is 12.8. The molecule has 1 saturated carbocycles. The van der Waals surface area contributed by atoms with Crippen LogP contribution >= 0.6 is 0 Å². The standard InChI is InChI=1S/C26H38N4O2/c31-24(22-16-26(17-28-22)12-14-27-15-13-26)30-23(19-7-2-1-3-8-19)25(32)29-21-11-10-18-6-4-5-9-20(18)21/h4-6,9,19,21-23,27-28H,1-3,7-8,10-17H2,(H,29,32)(H,30,31). The Hall–Kier alpha value is -1.92. The van der Waals surface area contributed by atoms with Gasteiger partial charge in [0, 0.05) is 6.54 Å². The fourth-order valence-electron chi connectivity index (χ4n) is 6.53. The van der Waals surface area contributed by atoms with Crippen molar-refractivity contribution in [1.29, 1.82) is 0 Å². The molecule has 0 radical (unpaired) electrons. The fourth-order valence-corrected chi connectivity index (χ4v) is 6.53. The number of hydrogen-bond donors (Lipinski definition) is 4. The summed E-state index contributed by atoms with van der Waals surface area (Å²) in [5.41, 5.74) is 2.81. The van der Waals surface area contributed by atoms with Crippen molar-refractivity contribution >= 4 is 11.8 Å². The van der Waals surface area contributed by atoms with E-state index in [4.69, 9.17) is 0 Å². The third-order valence-corrected chi connectivity index (χ3v) is 8.49. The normalized spacial score (nSPS) is 28.2. The van der Waals surface area contributed by atoms with Crippen LogP contribution in [0.25, 0.3) is 0 Å². The van der Waals surface area contributed by atoms with E-state index in [-0.39, 0.29) is 35.2 Å². The average Bonchev–Trinajstić information content (AvgIpc) is 3.43. The molecule has 3 unspecified atom stereocenters. The van der Waals surface area contributed by atoms with Crippen molar-refractivity contribution < 1.29 is 9.59 Å². The van der Waals surface area contributed by atoms with Crippen molar-refractivity contribution in [2.24, 2.45) is 11.3 Å². The topological polar surface area (TPSA) is 82.3 Å². The molecule has 2 aliphatic heterocycles. The molecule has 5 rings (SSSR count). The summed E-state index contributed by atoms with van der Waals surface area (Å²) in [6, 6.07) is 7.85. The minimum atomic E-state index is -0.429. The van der Waals surface area contributed by atoms with Crippen LogP contribution in [0.2, 0.25) is 0 Å². The van der Waals surface area contributed by atoms with Crippen molar-refractivity contribution in [3.63, 3.8) is 0 Å². The Balaban J connectivity index is 1.26. The zero-order valence-electron chi connectivity index (χ0n) is 19.1. The molecule has 174 valence electrons. The number of piperidine rings is 1. The highest BCUT2D eigenvalue weighted by Gasteiger charge is 2.43. The van der Waals surface area contributed by atoms with Crippen LogP contribution in [0, 0.1) is 11.3 Å². The quantitative estimate of drug-likeness (QED) is 0.570. The number of carbonyl (C=O) groups is 2. The van der Waals surface area contributed by atoms with E-state index in [9.17, 15) is 9.59 Å². The van der Waals surface area contributed by atoms with Gasteiger partial charge in [-0.2, -0.15) is 0 Å². The SMILES string of the molecule is O=C(NC(C(=O)NC1CCc2ccccc21)C1CCCCC1)C1CC2(CCNCC2)CN1. The molecule has 32 heavy (non-hydrogen) atoms. The lowest BCUT2D eigenvalue weighted by Gasteiger charge is -2.33. The molecule has 2 aliphatic carbocycles. The number of rotatable bonds is 5. The first kappa shape index (κ1) is 21.9. The molecule has 0 bridgehead atoms. The van der Waals surface area contributed by atoms with E-state index in [0.29, 0.717) is 0 Å². The third kappa shape index (κ3) is 4.58. The number of carbonyl (C=O) groups excluding carboxylic acids is 2. The second kappa shape index (κ2) is 9.52. The maximum Gasteiger partial charge on any atom is 0.243 e. The van der Waals surface area contributed by atoms with Gasteiger partial charge in [0.25, 0.3) is 0 Å². The monoisotopic (exact) mass is 438 g/mol. The molecule has 2 heterocycles. The van der Waals surface area contributed by atoms with E-state index in [1.165, 1.54) is 17.5 Å². The van der Waals surface area contributed by atoms with Crippen molar-refractivity contribution in [1.82, 2.24) is 21.3 Å². The predicted molar refractivity (Wildman–Crippen MR) is 125 cm³/mol. The second-order valence-corrected chi connectivity index (χ2v) is 10.6. The lowest BCUT2D eigenvalue weighted by molar-refractivity contribution is -0.132. The number of hydrogen-bond acceptors (Lipinski definition) is 4. The van der Waals surface area contributed by atoms with Gasteiger partial charge in [-0.1, -0.05) is 43.5 Å². The number of fused-ring (bicyclic) bond motifs is 1. The van der Waals surface area contributed by atoms with Gasteiger partial charge in [0.1, 0.15) is 6.04 Å². The number of nitrogens with one attached hydrogen (secondary N) is 4. The summed E-state index contributed by atoms with van der Waals surface area (Å²) in [7, 11) is 0. The Morgan fingerprint density at radius 3 is 2.62 bits per heavy atom. The van der Waals surface area contributed by atoms with E-state index >= 15 is 0 Å². The van der Waals surface area contributed by atoms with Crippen LogP contribution in [0.3, 0.4) is 0 Å². The lowest BCUT2D eigenvalue weighted by Crippen LogP contribution is -2.55. The van der Waals surface area contributed by atoms with Crippen LogP contribution < -0.4 is 21.3 Å². The minimum Gasteiger partial charge on any atom is -0.347 e. The molecule has 1 aromatic rings. The third-order valence-electron chi connectivity index (χ3n) is 8.49. The largest absolute Gasteiger partial charge is 0.347 e. The van der Waals surface area contributed by atoms with E-state index in [0.717, 1.165) is 77.4 Å². The van der Waals surface area contributed by atoms with Crippen LogP contribution in [0.1, 0.15) is 75.0 Å². The highest BCUT2D eigenvalue weighted by atomic mass is 16.2. The van der Waals surface area contributed by atoms with Crippen LogP contribution in [0.15, 0.2) is 24.3 Å². The molecule has 2 saturated heterocycles. The highest BCUT2D eigenvalue weighted by molar-refractivity contribution is 5.90. The zero-order valence-corrected chi connectivity index (χ0v) is 19.1. The highest BCUT2D eigenvalue weighted by Crippen LogP contribution is 2.38. The molecular weight excluding hydrogens is 400 g/mol. The van der Waals surface area contributed by atoms with Gasteiger partial charge in [-0.25, -0.2) is 0 Å². The molecule has 6 heteroatoms. The fraction of sp³-hybridized carbons (Fsp3) is 0.692. The van der Waals surface area contributed by atoms with Crippen molar-refractivity contribution in [2.75, 3.05) is 19.6 Å². The molecule has 3 fully saturated rings. The lowest BCUT2D eigenvalue weighted by atomic mass is 9.77. The summed E-state index contributed by atoms with van der Waals surface area (Å²) < 4.78 is 0. The summed E-state index contributed by atoms with van der Waals surface area (Å²) in [5, 5.41) is 13.4. The van der Waals surface area contributed by atoms with Crippen LogP contribution in [0.4, 0.5) is 0 Å². The summed E-state index contributed by atoms with van der Waals surface area (Å²) in [5.74, 6) is 0.248. The Labute approximate surface area is 191 Å². The maximum atomic E-state index is 13.5. The molecular formula is C26H38N4O2. The molecule has 0 aromatic heterocycles. The van der Waals surface area contributed by atoms with Crippen LogP contribution in [0.5, 0.6) is 0 Å². The van der Waals surface area contributed by atoms with Gasteiger partial charge in [0.15, 0.2) is 0 Å². The van der Waals surface area contributed by atoms with Gasteiger partial charge < -0.3 is 21.3 Å². The van der Waals surface area contributed by atoms with Gasteiger partial charge >= 0.3 is 0 Å². The number of aryl methyl sites for hydroxylation is 1. The molecule has 3 atom stereocenters. The van der Waals surface area contributed by atoms with Crippen molar-refractivity contribution in [3.8, 4) is 0 Å². The Morgan fingerprint density at radius 1 is 1.03 bits per heavy atom. The predicted octanol–water partition coefficient (Wildman–Crippen LogP) is 2.59. The van der Waals surface area contributed by atoms with Crippen LogP contribution in [-0.4, -0.2) is 43.5 Å². The smallest absolute Gasteiger partial charge is 0.243 e. The molecule has 4 aliphatic rings. The van der Waals surface area contributed by atoms with Gasteiger partial charge in [-0.3, -0.25) is 9.59 Å². The van der Waals surface area contributed by atoms with Crippen molar-refractivity contribution in [2.45, 2.75) is 82.3 Å². The first-order valence-corrected chi connectivity index (χ1v) is 12.8. The number of benzene rings is 1. The van der Waals surface area contributed by atoms with Crippen molar-refractivity contribution in [3.05, 3.63) is 35.4 Å². The molecule has 1 spiro atoms. The van der Waals surface area contributed by atoms with E-state index in [1.807, 2.05) is 6.07 Å². The number of amides is 2. The van der Waals surface area contributed by atoms with Gasteiger partial charge in [-0.05, 0) is 80.5 Å². The average molecular weight is 439 g/mol. The van der Waals surface area contributed by atoms with E-state index < -0.39 is 6.04 Å². The van der Waals surface area contributed by atoms with Gasteiger partial charge in [0.2, 0.25) is 11.8 Å². The Morgan fingerprint density at radius 2 is 1.81 bits per heavy atom. The van der Waals surface area contributed by atoms with Crippen LogP contribution in [-0.2, 0) is 16.0 Å². The summed E-state index contributed by atoms with van der Waals surface area (Å²) in [6.45, 7) is 2.98. The second-order valence-electron chi connectivity index (χ2n) is 10.6. The molecule has 4 N–H and O–H groups in total. The Bertz CT molecular complexity index is 829. The van der Waals surface area contributed by atoms with Gasteiger partial charge in [0.05, 0.1) is 12.1 Å². The molecule has 2 amide bonds. The minimum absolute atomic E-state index is 0.00142. The Kier molecular flexibility index (Phi) is 6.51. The van der Waals surface area contributed by atoms with Gasteiger partial charge in [-0.15, -0.1) is 0 Å². The molecule has 1 aromatic carbocycles. The first-order chi connectivity index (χ1) is 15.6. The zero-order chi connectivity index (χ0) is 22.0. The maximum absolute atomic E-state index is 13.5. The molecule has 6 nitrogen and oxygen atoms in total. The summed E-state index contributed by atoms with van der Waals surface area (Å²) in [6.07, 6.45) is 10.6.